The van der Waals surface area contributed by atoms with E-state index in [9.17, 15) is 0 Å². The average molecular weight is 626 g/mol. The van der Waals surface area contributed by atoms with E-state index in [0.717, 1.165) is 6.54 Å². The van der Waals surface area contributed by atoms with E-state index in [-0.39, 0.29) is 70.6 Å². The van der Waals surface area contributed by atoms with Crippen LogP contribution in [0, 0.1) is 0 Å². The van der Waals surface area contributed by atoms with Crippen molar-refractivity contribution < 1.29 is 63.2 Å². The van der Waals surface area contributed by atoms with E-state index in [1.807, 2.05) is 6.92 Å². The number of rotatable bonds is 1. The van der Waals surface area contributed by atoms with Gasteiger partial charge in [-0.15, -0.1) is 0 Å². The van der Waals surface area contributed by atoms with E-state index in [1.165, 1.54) is 0 Å². The van der Waals surface area contributed by atoms with E-state index in [0.29, 0.717) is 0 Å². The Bertz CT molecular complexity index is 13.2. The van der Waals surface area contributed by atoms with E-state index in [1.54, 1.807) is 7.05 Å². The predicted molar refractivity (Wildman–Crippen MR) is 26.6 cm³/mol. The molecule has 1 nitrogen and oxygen atoms in total. The summed E-state index contributed by atoms with van der Waals surface area (Å²) in [6.45, 7) is 2.96. The van der Waals surface area contributed by atoms with Crippen molar-refractivity contribution in [1.82, 2.24) is 0 Å². The minimum absolute atomic E-state index is 0. The Kier molecular flexibility index (Phi) is 145. The van der Waals surface area contributed by atoms with Crippen LogP contribution in [0.25, 0.3) is 5.32 Å². The summed E-state index contributed by atoms with van der Waals surface area (Å²) in [6, 6.07) is 0. The molecule has 0 saturated heterocycles. The molecule has 0 rings (SSSR count). The largest absolute Gasteiger partial charge is 0.665 e. The monoisotopic (exact) mass is 626 g/mol. The van der Waals surface area contributed by atoms with Gasteiger partial charge in [0, 0.05) is 63.2 Å². The first-order valence-corrected chi connectivity index (χ1v) is 1.47. The zero-order chi connectivity index (χ0) is 3.41. The van der Waals surface area contributed by atoms with Gasteiger partial charge in [-0.05, 0) is 0 Å². The van der Waals surface area contributed by atoms with Crippen LogP contribution in [0.5, 0.6) is 0 Å². The topological polar surface area (TPSA) is 14.1 Å². The third-order valence-electron chi connectivity index (χ3n) is 0.316. The molecule has 0 atom stereocenters. The molecule has 0 heterocycles. The summed E-state index contributed by atoms with van der Waals surface area (Å²) in [4.78, 5) is 0. The van der Waals surface area contributed by atoms with Crippen molar-refractivity contribution in [3.8, 4) is 0 Å². The summed E-state index contributed by atoms with van der Waals surface area (Å²) < 4.78 is 0. The first kappa shape index (κ1) is 32.3. The third-order valence-corrected chi connectivity index (χ3v) is 0.316. The molecule has 8 heavy (non-hydrogen) atoms. The van der Waals surface area contributed by atoms with E-state index >= 15 is 0 Å². The van der Waals surface area contributed by atoms with Crippen molar-refractivity contribution in [2.45, 2.75) is 14.4 Å². The maximum atomic E-state index is 3.74. The van der Waals surface area contributed by atoms with Crippen LogP contribution in [0.2, 0.25) is 0 Å². The zero-order valence-electron chi connectivity index (χ0n) is 4.38. The Labute approximate surface area is 95.6 Å². The zero-order valence-corrected chi connectivity index (χ0v) is 13.2. The SMILES string of the molecule is C.CC[N-]C.[W].[W].[W]. The first-order chi connectivity index (χ1) is 1.91. The van der Waals surface area contributed by atoms with Crippen LogP contribution in [-0.4, -0.2) is 13.6 Å². The first-order valence-electron chi connectivity index (χ1n) is 1.47. The second kappa shape index (κ2) is 35.9. The molecule has 4 heteroatoms. The molecule has 0 spiro atoms. The fraction of sp³-hybridized carbons (Fsp3) is 1.00. The van der Waals surface area contributed by atoms with Crippen molar-refractivity contribution in [2.75, 3.05) is 13.6 Å². The van der Waals surface area contributed by atoms with E-state index < -0.39 is 0 Å². The van der Waals surface area contributed by atoms with Gasteiger partial charge in [-0.3, -0.25) is 0 Å². The van der Waals surface area contributed by atoms with E-state index in [2.05, 4.69) is 5.32 Å². The molecule has 0 saturated carbocycles. The van der Waals surface area contributed by atoms with Crippen LogP contribution in [0.4, 0.5) is 0 Å². The van der Waals surface area contributed by atoms with Gasteiger partial charge in [-0.1, -0.05) is 14.4 Å². The second-order valence-corrected chi connectivity index (χ2v) is 0.632. The van der Waals surface area contributed by atoms with Crippen LogP contribution in [0.3, 0.4) is 0 Å². The standard InChI is InChI=1S/C3H8N.CH4.3W/c1-3-4-2;;;;/h3H2,1-2H3;1H4;;;/q-1;;;;. The van der Waals surface area contributed by atoms with E-state index in [4.69, 9.17) is 0 Å². The van der Waals surface area contributed by atoms with Gasteiger partial charge in [0.1, 0.15) is 0 Å². The molecule has 0 fully saturated rings. The van der Waals surface area contributed by atoms with Gasteiger partial charge < -0.3 is 5.32 Å². The molecule has 0 aliphatic rings. The summed E-state index contributed by atoms with van der Waals surface area (Å²) in [7, 11) is 1.81. The Morgan fingerprint density at radius 3 is 1.25 bits per heavy atom. The summed E-state index contributed by atoms with van der Waals surface area (Å²) in [5.41, 5.74) is 0. The minimum Gasteiger partial charge on any atom is -0.665 e. The van der Waals surface area contributed by atoms with Crippen LogP contribution in [-0.2, 0) is 63.2 Å². The maximum Gasteiger partial charge on any atom is 0 e. The Balaban J connectivity index is -0.00000000750. The summed E-state index contributed by atoms with van der Waals surface area (Å²) >= 11 is 0. The molecule has 0 aromatic heterocycles. The molecule has 0 N–H and O–H groups in total. The van der Waals surface area contributed by atoms with Gasteiger partial charge in [-0.25, -0.2) is 0 Å². The quantitative estimate of drug-likeness (QED) is 0.421. The van der Waals surface area contributed by atoms with Crippen molar-refractivity contribution in [3.63, 3.8) is 0 Å². The third kappa shape index (κ3) is 43.3. The van der Waals surface area contributed by atoms with Crippen LogP contribution >= 0.6 is 0 Å². The van der Waals surface area contributed by atoms with Gasteiger partial charge in [-0.2, -0.15) is 13.6 Å². The molecule has 0 bridgehead atoms. The van der Waals surface area contributed by atoms with Crippen LogP contribution in [0.1, 0.15) is 14.4 Å². The Morgan fingerprint density at radius 1 is 1.12 bits per heavy atom. The summed E-state index contributed by atoms with van der Waals surface area (Å²) in [5.74, 6) is 0. The molecular weight excluding hydrogens is 614 g/mol. The molecule has 0 aliphatic carbocycles. The second-order valence-electron chi connectivity index (χ2n) is 0.632. The minimum atomic E-state index is 0. The van der Waals surface area contributed by atoms with Gasteiger partial charge in [0.05, 0.1) is 0 Å². The number of hydrogen-bond donors (Lipinski definition) is 0. The molecule has 0 aromatic carbocycles. The molecule has 0 aromatic rings. The normalized spacial score (nSPS) is 3.75. The molecule has 0 amide bonds. The Morgan fingerprint density at radius 2 is 1.25 bits per heavy atom. The van der Waals surface area contributed by atoms with Gasteiger partial charge in [0.15, 0.2) is 0 Å². The van der Waals surface area contributed by atoms with Crippen LogP contribution in [0.15, 0.2) is 0 Å². The average Bonchev–Trinajstić information content (AvgIpc) is 1.37. The van der Waals surface area contributed by atoms with Crippen molar-refractivity contribution >= 4 is 0 Å². The molecule has 0 aliphatic heterocycles. The van der Waals surface area contributed by atoms with Gasteiger partial charge >= 0.3 is 0 Å². The van der Waals surface area contributed by atoms with Crippen molar-refractivity contribution in [1.29, 1.82) is 0 Å². The molecular formula is C4H12NW3-. The van der Waals surface area contributed by atoms with Gasteiger partial charge in [0.25, 0.3) is 0 Å². The maximum absolute atomic E-state index is 3.74. The summed E-state index contributed by atoms with van der Waals surface area (Å²) in [6.07, 6.45) is 0. The molecule has 52 valence electrons. The van der Waals surface area contributed by atoms with Gasteiger partial charge in [0.2, 0.25) is 0 Å². The fourth-order valence-electron chi connectivity index (χ4n) is 0. The number of nitrogens with zero attached hydrogens (tertiary/aromatic N) is 1. The number of hydrogen-bond acceptors (Lipinski definition) is 0. The van der Waals surface area contributed by atoms with Crippen molar-refractivity contribution in [3.05, 3.63) is 5.32 Å². The molecule has 0 radical (unpaired) electrons. The van der Waals surface area contributed by atoms with Crippen molar-refractivity contribution in [2.24, 2.45) is 0 Å². The predicted octanol–water partition coefficient (Wildman–Crippen LogP) is 1.64. The van der Waals surface area contributed by atoms with Crippen LogP contribution < -0.4 is 0 Å². The molecule has 0 unspecified atom stereocenters. The fourth-order valence-corrected chi connectivity index (χ4v) is 0. The Hall–Kier alpha value is 2.02. The smallest absolute Gasteiger partial charge is 0 e. The summed E-state index contributed by atoms with van der Waals surface area (Å²) in [5, 5.41) is 3.74.